The Morgan fingerprint density at radius 3 is 2.81 bits per heavy atom. The van der Waals surface area contributed by atoms with Gasteiger partial charge in [0.25, 0.3) is 6.43 Å². The Kier molecular flexibility index (Phi) is 4.79. The van der Waals surface area contributed by atoms with Crippen LogP contribution in [0.5, 0.6) is 0 Å². The van der Waals surface area contributed by atoms with E-state index in [9.17, 15) is 13.6 Å². The van der Waals surface area contributed by atoms with Crippen LogP contribution >= 0.6 is 15.9 Å². The second-order valence-electron chi connectivity index (χ2n) is 3.01. The van der Waals surface area contributed by atoms with Gasteiger partial charge in [0.15, 0.2) is 0 Å². The van der Waals surface area contributed by atoms with Crippen molar-refractivity contribution in [3.8, 4) is 0 Å². The molecule has 0 spiro atoms. The van der Waals surface area contributed by atoms with Crippen LogP contribution in [0.4, 0.5) is 8.78 Å². The summed E-state index contributed by atoms with van der Waals surface area (Å²) in [5, 5.41) is 0. The minimum atomic E-state index is -2.65. The molecule has 0 saturated heterocycles. The maximum atomic E-state index is 12.4. The van der Waals surface area contributed by atoms with Crippen molar-refractivity contribution in [2.45, 2.75) is 19.8 Å². The Balaban J connectivity index is 2.84. The average Bonchev–Trinajstić information content (AvgIpc) is 2.16. The van der Waals surface area contributed by atoms with Gasteiger partial charge >= 0.3 is 5.97 Å². The van der Waals surface area contributed by atoms with Crippen molar-refractivity contribution in [2.75, 3.05) is 6.61 Å². The van der Waals surface area contributed by atoms with E-state index in [4.69, 9.17) is 4.74 Å². The molecule has 0 atom stereocenters. The molecule has 0 aliphatic carbocycles. The third-order valence-corrected chi connectivity index (χ3v) is 2.16. The van der Waals surface area contributed by atoms with E-state index in [1.807, 2.05) is 0 Å². The first-order valence-corrected chi connectivity index (χ1v) is 5.42. The summed E-state index contributed by atoms with van der Waals surface area (Å²) in [6.07, 6.45) is -2.69. The number of pyridine rings is 1. The highest BCUT2D eigenvalue weighted by molar-refractivity contribution is 9.10. The molecule has 0 amide bonds. The number of carbonyl (C=O) groups excluding carboxylic acids is 1. The van der Waals surface area contributed by atoms with Crippen LogP contribution in [0.15, 0.2) is 16.7 Å². The van der Waals surface area contributed by atoms with Gasteiger partial charge in [0.1, 0.15) is 10.3 Å². The molecule has 1 aromatic rings. The minimum absolute atomic E-state index is 0.0331. The van der Waals surface area contributed by atoms with Crippen molar-refractivity contribution in [1.82, 2.24) is 4.98 Å². The summed E-state index contributed by atoms with van der Waals surface area (Å²) in [5.74, 6) is -0.444. The number of rotatable bonds is 4. The van der Waals surface area contributed by atoms with Crippen molar-refractivity contribution in [1.29, 1.82) is 0 Å². The van der Waals surface area contributed by atoms with E-state index in [0.29, 0.717) is 5.56 Å². The Hall–Kier alpha value is -1.04. The Morgan fingerprint density at radius 2 is 2.25 bits per heavy atom. The van der Waals surface area contributed by atoms with Crippen LogP contribution in [0, 0.1) is 0 Å². The zero-order valence-electron chi connectivity index (χ0n) is 8.54. The van der Waals surface area contributed by atoms with Crippen LogP contribution in [0.25, 0.3) is 0 Å². The van der Waals surface area contributed by atoms with Crippen LogP contribution in [0.2, 0.25) is 0 Å². The monoisotopic (exact) mass is 293 g/mol. The van der Waals surface area contributed by atoms with Gasteiger partial charge in [-0.2, -0.15) is 0 Å². The molecule has 0 bridgehead atoms. The summed E-state index contributed by atoms with van der Waals surface area (Å²) < 4.78 is 29.8. The minimum Gasteiger partial charge on any atom is -0.466 e. The summed E-state index contributed by atoms with van der Waals surface area (Å²) in [4.78, 5) is 14.8. The average molecular weight is 294 g/mol. The van der Waals surface area contributed by atoms with Gasteiger partial charge in [0, 0.05) is 0 Å². The summed E-state index contributed by atoms with van der Waals surface area (Å²) >= 11 is 3.01. The van der Waals surface area contributed by atoms with Gasteiger partial charge in [0.2, 0.25) is 0 Å². The van der Waals surface area contributed by atoms with E-state index in [1.165, 1.54) is 12.1 Å². The highest BCUT2D eigenvalue weighted by atomic mass is 79.9. The second-order valence-corrected chi connectivity index (χ2v) is 3.82. The number of hydrogen-bond donors (Lipinski definition) is 0. The van der Waals surface area contributed by atoms with Gasteiger partial charge in [-0.1, -0.05) is 0 Å². The maximum Gasteiger partial charge on any atom is 0.310 e. The van der Waals surface area contributed by atoms with E-state index in [0.717, 1.165) is 0 Å². The molecule has 16 heavy (non-hydrogen) atoms. The third-order valence-electron chi connectivity index (χ3n) is 1.75. The van der Waals surface area contributed by atoms with E-state index in [-0.39, 0.29) is 23.3 Å². The first-order chi connectivity index (χ1) is 7.52. The lowest BCUT2D eigenvalue weighted by Gasteiger charge is -2.05. The SMILES string of the molecule is CCOC(=O)Cc1cc(Br)nc(C(F)F)c1. The number of nitrogens with zero attached hydrogens (tertiary/aromatic N) is 1. The van der Waals surface area contributed by atoms with Gasteiger partial charge in [0.05, 0.1) is 13.0 Å². The van der Waals surface area contributed by atoms with E-state index < -0.39 is 12.4 Å². The van der Waals surface area contributed by atoms with Crippen LogP contribution in [0.3, 0.4) is 0 Å². The molecule has 88 valence electrons. The predicted molar refractivity (Wildman–Crippen MR) is 57.2 cm³/mol. The lowest BCUT2D eigenvalue weighted by Crippen LogP contribution is -2.08. The highest BCUT2D eigenvalue weighted by Crippen LogP contribution is 2.21. The molecule has 0 aliphatic heterocycles. The Morgan fingerprint density at radius 1 is 1.56 bits per heavy atom. The van der Waals surface area contributed by atoms with Crippen molar-refractivity contribution < 1.29 is 18.3 Å². The van der Waals surface area contributed by atoms with Crippen LogP contribution < -0.4 is 0 Å². The summed E-state index contributed by atoms with van der Waals surface area (Å²) in [6.45, 7) is 1.96. The lowest BCUT2D eigenvalue weighted by molar-refractivity contribution is -0.142. The molecule has 6 heteroatoms. The van der Waals surface area contributed by atoms with Gasteiger partial charge in [-0.05, 0) is 40.5 Å². The summed E-state index contributed by atoms with van der Waals surface area (Å²) in [7, 11) is 0. The van der Waals surface area contributed by atoms with E-state index in [2.05, 4.69) is 20.9 Å². The van der Waals surface area contributed by atoms with Crippen molar-refractivity contribution >= 4 is 21.9 Å². The largest absolute Gasteiger partial charge is 0.466 e. The maximum absolute atomic E-state index is 12.4. The number of alkyl halides is 2. The number of carbonyl (C=O) groups is 1. The fraction of sp³-hybridized carbons (Fsp3) is 0.400. The van der Waals surface area contributed by atoms with Crippen LogP contribution in [0.1, 0.15) is 24.6 Å². The number of ether oxygens (including phenoxy) is 1. The van der Waals surface area contributed by atoms with Crippen LogP contribution in [-0.4, -0.2) is 17.6 Å². The number of aromatic nitrogens is 1. The molecule has 0 radical (unpaired) electrons. The molecule has 0 saturated carbocycles. The van der Waals surface area contributed by atoms with Crippen LogP contribution in [-0.2, 0) is 16.0 Å². The van der Waals surface area contributed by atoms with Gasteiger partial charge < -0.3 is 4.74 Å². The molecule has 0 fully saturated rings. The normalized spacial score (nSPS) is 10.6. The highest BCUT2D eigenvalue weighted by Gasteiger charge is 2.13. The zero-order valence-corrected chi connectivity index (χ0v) is 10.1. The third kappa shape index (κ3) is 3.84. The smallest absolute Gasteiger partial charge is 0.310 e. The molecule has 1 heterocycles. The zero-order chi connectivity index (χ0) is 12.1. The van der Waals surface area contributed by atoms with Gasteiger partial charge in [-0.3, -0.25) is 4.79 Å². The Bertz CT molecular complexity index is 385. The number of hydrogen-bond acceptors (Lipinski definition) is 3. The van der Waals surface area contributed by atoms with Gasteiger partial charge in [-0.25, -0.2) is 13.8 Å². The first-order valence-electron chi connectivity index (χ1n) is 4.63. The molecular formula is C10H10BrF2NO2. The topological polar surface area (TPSA) is 39.2 Å². The molecule has 0 unspecified atom stereocenters. The fourth-order valence-corrected chi connectivity index (χ4v) is 1.66. The molecule has 0 N–H and O–H groups in total. The fourth-order valence-electron chi connectivity index (χ4n) is 1.17. The van der Waals surface area contributed by atoms with Gasteiger partial charge in [-0.15, -0.1) is 0 Å². The first kappa shape index (κ1) is 13.0. The molecule has 1 aromatic heterocycles. The van der Waals surface area contributed by atoms with Crippen molar-refractivity contribution in [3.05, 3.63) is 28.0 Å². The van der Waals surface area contributed by atoms with Crippen molar-refractivity contribution in [3.63, 3.8) is 0 Å². The number of esters is 1. The molecular weight excluding hydrogens is 284 g/mol. The second kappa shape index (κ2) is 5.89. The number of halogens is 3. The molecule has 0 aliphatic rings. The molecule has 0 aromatic carbocycles. The molecule has 1 rings (SSSR count). The summed E-state index contributed by atoms with van der Waals surface area (Å²) in [5.41, 5.74) is 0.101. The molecule has 3 nitrogen and oxygen atoms in total. The quantitative estimate of drug-likeness (QED) is 0.633. The standard InChI is InChI=1S/C10H10BrF2NO2/c1-2-16-9(15)5-6-3-7(10(12)13)14-8(11)4-6/h3-4,10H,2,5H2,1H3. The van der Waals surface area contributed by atoms with E-state index >= 15 is 0 Å². The van der Waals surface area contributed by atoms with Crippen molar-refractivity contribution in [2.24, 2.45) is 0 Å². The lowest BCUT2D eigenvalue weighted by atomic mass is 10.2. The Labute approximate surface area is 99.9 Å². The van der Waals surface area contributed by atoms with E-state index in [1.54, 1.807) is 6.92 Å². The summed E-state index contributed by atoms with van der Waals surface area (Å²) in [6, 6.07) is 2.72. The predicted octanol–water partition coefficient (Wildman–Crippen LogP) is 2.89.